The zero-order valence-electron chi connectivity index (χ0n) is 9.31. The summed E-state index contributed by atoms with van der Waals surface area (Å²) in [4.78, 5) is 10.8. The van der Waals surface area contributed by atoms with E-state index < -0.39 is 5.82 Å². The van der Waals surface area contributed by atoms with Crippen molar-refractivity contribution in [3.63, 3.8) is 0 Å². The Hall–Kier alpha value is -2.16. The Morgan fingerprint density at radius 2 is 1.88 bits per heavy atom. The van der Waals surface area contributed by atoms with Crippen LogP contribution in [0.3, 0.4) is 0 Å². The summed E-state index contributed by atoms with van der Waals surface area (Å²) in [5.41, 5.74) is 1.21. The summed E-state index contributed by atoms with van der Waals surface area (Å²) in [5, 5.41) is 0. The van der Waals surface area contributed by atoms with E-state index in [4.69, 9.17) is 4.74 Å². The van der Waals surface area contributed by atoms with Crippen LogP contribution in [-0.2, 0) is 0 Å². The van der Waals surface area contributed by atoms with Crippen molar-refractivity contribution in [2.75, 3.05) is 0 Å². The third-order valence-electron chi connectivity index (χ3n) is 2.35. The molecule has 0 bridgehead atoms. The van der Waals surface area contributed by atoms with Gasteiger partial charge in [-0.2, -0.15) is 0 Å². The molecule has 3 heteroatoms. The number of benzene rings is 2. The van der Waals surface area contributed by atoms with Crippen molar-refractivity contribution in [1.29, 1.82) is 0 Å². The van der Waals surface area contributed by atoms with Crippen molar-refractivity contribution in [3.05, 3.63) is 59.4 Å². The van der Waals surface area contributed by atoms with Gasteiger partial charge in [0.15, 0.2) is 17.9 Å². The van der Waals surface area contributed by atoms with Crippen LogP contribution >= 0.6 is 0 Å². The number of aldehydes is 1. The van der Waals surface area contributed by atoms with E-state index >= 15 is 0 Å². The molecule has 86 valence electrons. The molecule has 2 aromatic carbocycles. The number of carbonyl (C=O) groups is 1. The molecule has 2 rings (SSSR count). The standard InChI is InChI=1S/C14H11FO2/c1-10-6-7-14(12(15)8-10)17-13-5-3-2-4-11(13)9-16/h2-9H,1H3. The summed E-state index contributed by atoms with van der Waals surface area (Å²) in [6.07, 6.45) is 0.682. The smallest absolute Gasteiger partial charge is 0.165 e. The van der Waals surface area contributed by atoms with Gasteiger partial charge in [-0.25, -0.2) is 4.39 Å². The largest absolute Gasteiger partial charge is 0.454 e. The molecule has 0 saturated carbocycles. The van der Waals surface area contributed by atoms with Gasteiger partial charge in [0.1, 0.15) is 5.75 Å². The van der Waals surface area contributed by atoms with Gasteiger partial charge in [-0.3, -0.25) is 4.79 Å². The Kier molecular flexibility index (Phi) is 3.19. The monoisotopic (exact) mass is 230 g/mol. The molecule has 0 unspecified atom stereocenters. The molecule has 0 N–H and O–H groups in total. The van der Waals surface area contributed by atoms with E-state index in [2.05, 4.69) is 0 Å². The summed E-state index contributed by atoms with van der Waals surface area (Å²) < 4.78 is 18.9. The van der Waals surface area contributed by atoms with Gasteiger partial charge < -0.3 is 4.74 Å². The van der Waals surface area contributed by atoms with Crippen LogP contribution in [0.25, 0.3) is 0 Å². The fraction of sp³-hybridized carbons (Fsp3) is 0.0714. The number of para-hydroxylation sites is 1. The van der Waals surface area contributed by atoms with Crippen LogP contribution in [0.15, 0.2) is 42.5 Å². The van der Waals surface area contributed by atoms with Crippen molar-refractivity contribution >= 4 is 6.29 Å². The maximum Gasteiger partial charge on any atom is 0.165 e. The van der Waals surface area contributed by atoms with Gasteiger partial charge >= 0.3 is 0 Å². The van der Waals surface area contributed by atoms with E-state index in [0.717, 1.165) is 5.56 Å². The molecule has 0 amide bonds. The number of carbonyl (C=O) groups excluding carboxylic acids is 1. The quantitative estimate of drug-likeness (QED) is 0.751. The first-order chi connectivity index (χ1) is 8.20. The molecule has 0 spiro atoms. The van der Waals surface area contributed by atoms with Gasteiger partial charge in [0.2, 0.25) is 0 Å². The third kappa shape index (κ3) is 2.50. The van der Waals surface area contributed by atoms with Crippen LogP contribution in [0, 0.1) is 12.7 Å². The molecule has 0 aromatic heterocycles. The molecule has 0 aliphatic rings. The zero-order valence-corrected chi connectivity index (χ0v) is 9.31. The Bertz CT molecular complexity index is 550. The van der Waals surface area contributed by atoms with E-state index in [1.807, 2.05) is 0 Å². The molecule has 0 saturated heterocycles. The number of hydrogen-bond donors (Lipinski definition) is 0. The molecule has 0 heterocycles. The molecule has 17 heavy (non-hydrogen) atoms. The molecule has 0 fully saturated rings. The Labute approximate surface area is 98.7 Å². The minimum atomic E-state index is -0.439. The summed E-state index contributed by atoms with van der Waals surface area (Å²) in [5.74, 6) is 0.0286. The minimum Gasteiger partial charge on any atom is -0.454 e. The van der Waals surface area contributed by atoms with Crippen molar-refractivity contribution in [3.8, 4) is 11.5 Å². The number of ether oxygens (including phenoxy) is 1. The van der Waals surface area contributed by atoms with E-state index in [9.17, 15) is 9.18 Å². The molecule has 2 aromatic rings. The van der Waals surface area contributed by atoms with E-state index in [1.165, 1.54) is 6.07 Å². The highest BCUT2D eigenvalue weighted by molar-refractivity contribution is 5.79. The lowest BCUT2D eigenvalue weighted by Crippen LogP contribution is -1.92. The predicted molar refractivity (Wildman–Crippen MR) is 63.0 cm³/mol. The van der Waals surface area contributed by atoms with Gasteiger partial charge in [0, 0.05) is 0 Å². The first-order valence-corrected chi connectivity index (χ1v) is 5.19. The lowest BCUT2D eigenvalue weighted by molar-refractivity contribution is 0.112. The second kappa shape index (κ2) is 4.78. The first kappa shape index (κ1) is 11.3. The van der Waals surface area contributed by atoms with Gasteiger partial charge in [-0.1, -0.05) is 18.2 Å². The van der Waals surface area contributed by atoms with Gasteiger partial charge in [-0.15, -0.1) is 0 Å². The number of rotatable bonds is 3. The minimum absolute atomic E-state index is 0.116. The van der Waals surface area contributed by atoms with Gasteiger partial charge in [-0.05, 0) is 36.8 Å². The van der Waals surface area contributed by atoms with Crippen LogP contribution < -0.4 is 4.74 Å². The maximum absolute atomic E-state index is 13.6. The highest BCUT2D eigenvalue weighted by Crippen LogP contribution is 2.26. The number of aryl methyl sites for hydroxylation is 1. The molecule has 0 atom stereocenters. The lowest BCUT2D eigenvalue weighted by atomic mass is 10.2. The summed E-state index contributed by atoms with van der Waals surface area (Å²) in [6, 6.07) is 11.4. The Balaban J connectivity index is 2.34. The van der Waals surface area contributed by atoms with Gasteiger partial charge in [0.25, 0.3) is 0 Å². The fourth-order valence-corrected chi connectivity index (χ4v) is 1.48. The molecular weight excluding hydrogens is 219 g/mol. The summed E-state index contributed by atoms with van der Waals surface area (Å²) in [6.45, 7) is 1.80. The molecule has 0 aliphatic heterocycles. The topological polar surface area (TPSA) is 26.3 Å². The maximum atomic E-state index is 13.6. The SMILES string of the molecule is Cc1ccc(Oc2ccccc2C=O)c(F)c1. The van der Waals surface area contributed by atoms with Crippen molar-refractivity contribution in [2.45, 2.75) is 6.92 Å². The average Bonchev–Trinajstić information content (AvgIpc) is 2.33. The fourth-order valence-electron chi connectivity index (χ4n) is 1.48. The lowest BCUT2D eigenvalue weighted by Gasteiger charge is -2.08. The van der Waals surface area contributed by atoms with Crippen LogP contribution in [0.1, 0.15) is 15.9 Å². The highest BCUT2D eigenvalue weighted by Gasteiger charge is 2.07. The zero-order chi connectivity index (χ0) is 12.3. The van der Waals surface area contributed by atoms with Crippen LogP contribution in [0.5, 0.6) is 11.5 Å². The molecule has 0 aliphatic carbocycles. The third-order valence-corrected chi connectivity index (χ3v) is 2.35. The van der Waals surface area contributed by atoms with E-state index in [1.54, 1.807) is 43.3 Å². The van der Waals surface area contributed by atoms with Crippen LogP contribution in [-0.4, -0.2) is 6.29 Å². The molecular formula is C14H11FO2. The average molecular weight is 230 g/mol. The summed E-state index contributed by atoms with van der Waals surface area (Å²) >= 11 is 0. The number of halogens is 1. The second-order valence-electron chi connectivity index (χ2n) is 3.69. The van der Waals surface area contributed by atoms with Crippen molar-refractivity contribution < 1.29 is 13.9 Å². The predicted octanol–water partition coefficient (Wildman–Crippen LogP) is 3.74. The number of hydrogen-bond acceptors (Lipinski definition) is 2. The highest BCUT2D eigenvalue weighted by atomic mass is 19.1. The molecule has 0 radical (unpaired) electrons. The van der Waals surface area contributed by atoms with E-state index in [-0.39, 0.29) is 5.75 Å². The molecule has 2 nitrogen and oxygen atoms in total. The van der Waals surface area contributed by atoms with Crippen LogP contribution in [0.4, 0.5) is 4.39 Å². The normalized spacial score (nSPS) is 10.0. The Morgan fingerprint density at radius 1 is 1.12 bits per heavy atom. The van der Waals surface area contributed by atoms with Crippen molar-refractivity contribution in [2.24, 2.45) is 0 Å². The Morgan fingerprint density at radius 3 is 2.59 bits per heavy atom. The van der Waals surface area contributed by atoms with Crippen LogP contribution in [0.2, 0.25) is 0 Å². The second-order valence-corrected chi connectivity index (χ2v) is 3.69. The van der Waals surface area contributed by atoms with Gasteiger partial charge in [0.05, 0.1) is 5.56 Å². The summed E-state index contributed by atoms with van der Waals surface area (Å²) in [7, 11) is 0. The van der Waals surface area contributed by atoms with E-state index in [0.29, 0.717) is 17.6 Å². The van der Waals surface area contributed by atoms with Crippen molar-refractivity contribution in [1.82, 2.24) is 0 Å². The first-order valence-electron chi connectivity index (χ1n) is 5.19.